The molecule has 3 heterocycles. The Morgan fingerprint density at radius 2 is 1.80 bits per heavy atom. The third-order valence-electron chi connectivity index (χ3n) is 4.00. The number of nitrogens with zero attached hydrogens (tertiary/aromatic N) is 4. The van der Waals surface area contributed by atoms with Crippen LogP contribution in [0.25, 0.3) is 11.4 Å². The fraction of sp³-hybridized carbons (Fsp3) is 0. The van der Waals surface area contributed by atoms with Gasteiger partial charge in [0.05, 0.1) is 11.4 Å². The summed E-state index contributed by atoms with van der Waals surface area (Å²) in [6.45, 7) is 2.09. The first-order chi connectivity index (χ1) is 10.9. The van der Waals surface area contributed by atoms with E-state index in [1.165, 1.54) is 0 Å². The Kier molecular flexibility index (Phi) is 6.39. The summed E-state index contributed by atoms with van der Waals surface area (Å²) in [6.07, 6.45) is 3.97. The average Bonchev–Trinajstić information content (AvgIpc) is 3.23. The van der Waals surface area contributed by atoms with Gasteiger partial charge in [0.1, 0.15) is 0 Å². The minimum atomic E-state index is 0. The number of hydrogen-bond acceptors (Lipinski definition) is 3. The minimum Gasteiger partial charge on any atom is -0.491 e. The molecule has 4 nitrogen and oxygen atoms in total. The first-order valence-electron chi connectivity index (χ1n) is 7.17. The van der Waals surface area contributed by atoms with Crippen molar-refractivity contribution in [1.82, 2.24) is 9.78 Å². The van der Waals surface area contributed by atoms with Gasteiger partial charge in [-0.05, 0) is 30.1 Å². The summed E-state index contributed by atoms with van der Waals surface area (Å²) in [5.74, 6) is 0. The number of hydrogen-bond donors (Lipinski definition) is 0. The second kappa shape index (κ2) is 7.96. The van der Waals surface area contributed by atoms with Gasteiger partial charge in [-0.1, -0.05) is 23.9 Å². The van der Waals surface area contributed by atoms with E-state index in [1.54, 1.807) is 0 Å². The van der Waals surface area contributed by atoms with Crippen LogP contribution in [-0.2, 0) is 52.8 Å². The van der Waals surface area contributed by atoms with Crippen molar-refractivity contribution in [3.63, 3.8) is 0 Å². The van der Waals surface area contributed by atoms with Crippen LogP contribution in [0.3, 0.4) is 0 Å². The zero-order chi connectivity index (χ0) is 14.5. The van der Waals surface area contributed by atoms with Gasteiger partial charge < -0.3 is 17.2 Å². The molecule has 25 heavy (non-hydrogen) atoms. The molecule has 1 radical (unpaired) electrons. The Bertz CT molecular complexity index is 891. The van der Waals surface area contributed by atoms with Gasteiger partial charge in [0.15, 0.2) is 0 Å². The van der Waals surface area contributed by atoms with Gasteiger partial charge in [0.2, 0.25) is 0 Å². The summed E-state index contributed by atoms with van der Waals surface area (Å²) in [6, 6.07) is 21.7. The molecule has 2 aliphatic heterocycles. The van der Waals surface area contributed by atoms with Crippen molar-refractivity contribution >= 4 is 17.1 Å². The van der Waals surface area contributed by atoms with Crippen LogP contribution in [-0.4, -0.2) is 9.78 Å². The van der Waals surface area contributed by atoms with Crippen LogP contribution in [0.15, 0.2) is 67.0 Å². The molecule has 0 aliphatic carbocycles. The summed E-state index contributed by atoms with van der Waals surface area (Å²) >= 11 is 0. The molecule has 6 heteroatoms. The van der Waals surface area contributed by atoms with Crippen LogP contribution in [0, 0.1) is 20.2 Å². The van der Waals surface area contributed by atoms with E-state index in [0.29, 0.717) is 0 Å². The van der Waals surface area contributed by atoms with E-state index in [1.807, 2.05) is 47.3 Å². The van der Waals surface area contributed by atoms with Crippen molar-refractivity contribution in [1.29, 1.82) is 0 Å². The second-order valence-corrected chi connectivity index (χ2v) is 5.27. The first kappa shape index (κ1) is 20.1. The van der Waals surface area contributed by atoms with Crippen molar-refractivity contribution in [2.75, 3.05) is 9.80 Å². The smallest absolute Gasteiger partial charge is 0.491 e. The van der Waals surface area contributed by atoms with Gasteiger partial charge >= 0.3 is 20.1 Å². The standard InChI is InChI=1S/C18H12N4.CH3.Ir.Y/c1-2-6-14(7-3-1)20-12-18-17-10-11-19-22(17)16-9-5-4-8-15(16)21(18)13-20;;;/h1-7,9-13H;1H3;;/q-2;-1;+3;. The van der Waals surface area contributed by atoms with Crippen molar-refractivity contribution in [2.24, 2.45) is 0 Å². The molecule has 0 amide bonds. The zero-order valence-corrected chi connectivity index (χ0v) is 18.9. The molecule has 1 aromatic heterocycles. The molecule has 0 saturated carbocycles. The zero-order valence-electron chi connectivity index (χ0n) is 13.6. The molecule has 0 saturated heterocycles. The first-order valence-corrected chi connectivity index (χ1v) is 7.17. The largest absolute Gasteiger partial charge is 3.00 e. The van der Waals surface area contributed by atoms with E-state index in [4.69, 9.17) is 0 Å². The monoisotopic (exact) mass is 581 g/mol. The fourth-order valence-electron chi connectivity index (χ4n) is 3.00. The third kappa shape index (κ3) is 3.15. The normalized spacial score (nSPS) is 13.4. The molecule has 0 bridgehead atoms. The summed E-state index contributed by atoms with van der Waals surface area (Å²) in [7, 11) is 0. The molecule has 2 aromatic carbocycles. The topological polar surface area (TPSA) is 24.3 Å². The van der Waals surface area contributed by atoms with Gasteiger partial charge in [-0.25, -0.2) is 0 Å². The van der Waals surface area contributed by atoms with E-state index in [0.717, 1.165) is 28.5 Å². The second-order valence-electron chi connectivity index (χ2n) is 5.27. The van der Waals surface area contributed by atoms with Gasteiger partial charge in [-0.2, -0.15) is 23.3 Å². The molecular weight excluding hydrogens is 565 g/mol. The molecule has 0 fully saturated rings. The number of anilines is 2. The van der Waals surface area contributed by atoms with Crippen LogP contribution < -0.4 is 9.80 Å². The fourth-order valence-corrected chi connectivity index (χ4v) is 3.00. The molecule has 3 aromatic rings. The molecule has 123 valence electrons. The van der Waals surface area contributed by atoms with Gasteiger partial charge in [-0.15, -0.1) is 12.7 Å². The molecule has 0 spiro atoms. The summed E-state index contributed by atoms with van der Waals surface area (Å²) in [5.41, 5.74) is 5.39. The summed E-state index contributed by atoms with van der Waals surface area (Å²) < 4.78 is 1.97. The number of para-hydroxylation sites is 2. The number of fused-ring (bicyclic) bond motifs is 6. The molecule has 5 rings (SSSR count). The maximum atomic E-state index is 4.45. The minimum absolute atomic E-state index is 0. The Morgan fingerprint density at radius 3 is 2.60 bits per heavy atom. The van der Waals surface area contributed by atoms with Crippen LogP contribution in [0.2, 0.25) is 0 Å². The van der Waals surface area contributed by atoms with Crippen LogP contribution in [0.5, 0.6) is 0 Å². The quantitative estimate of drug-likeness (QED) is 0.409. The van der Waals surface area contributed by atoms with Crippen molar-refractivity contribution in [3.05, 3.63) is 92.8 Å². The summed E-state index contributed by atoms with van der Waals surface area (Å²) in [4.78, 5) is 4.29. The van der Waals surface area contributed by atoms with Crippen LogP contribution >= 0.6 is 0 Å². The SMILES string of the molecule is [CH3-].[Ir+3].[Y].[c-]1cccc2c1N1[CH-]N(c3ccccc3)C=C1c1ccnn1-2. The van der Waals surface area contributed by atoms with E-state index in [-0.39, 0.29) is 60.2 Å². The molecule has 0 unspecified atom stereocenters. The number of benzene rings is 2. The predicted molar refractivity (Wildman–Crippen MR) is 92.5 cm³/mol. The molecule has 0 N–H and O–H groups in total. The van der Waals surface area contributed by atoms with Crippen LogP contribution in [0.1, 0.15) is 5.69 Å². The van der Waals surface area contributed by atoms with Gasteiger partial charge in [-0.3, -0.25) is 4.68 Å². The van der Waals surface area contributed by atoms with E-state index >= 15 is 0 Å². The van der Waals surface area contributed by atoms with Crippen molar-refractivity contribution in [3.8, 4) is 5.69 Å². The Hall–Kier alpha value is -1.26. The van der Waals surface area contributed by atoms with Crippen LogP contribution in [0.4, 0.5) is 11.4 Å². The third-order valence-corrected chi connectivity index (χ3v) is 4.00. The predicted octanol–water partition coefficient (Wildman–Crippen LogP) is 3.88. The van der Waals surface area contributed by atoms with Crippen molar-refractivity contribution < 1.29 is 52.8 Å². The van der Waals surface area contributed by atoms with E-state index in [2.05, 4.69) is 52.0 Å². The molecule has 2 aliphatic rings. The summed E-state index contributed by atoms with van der Waals surface area (Å²) in [5, 5.41) is 4.45. The van der Waals surface area contributed by atoms with E-state index in [9.17, 15) is 0 Å². The number of aromatic nitrogens is 2. The molecular formula is C19H15IrN4Y. The maximum Gasteiger partial charge on any atom is 3.00 e. The average molecular weight is 580 g/mol. The van der Waals surface area contributed by atoms with Gasteiger partial charge in [0.25, 0.3) is 0 Å². The maximum absolute atomic E-state index is 4.45. The molecule has 0 atom stereocenters. The van der Waals surface area contributed by atoms with Crippen molar-refractivity contribution in [2.45, 2.75) is 0 Å². The van der Waals surface area contributed by atoms with Gasteiger partial charge in [0, 0.05) is 44.6 Å². The Morgan fingerprint density at radius 1 is 1.00 bits per heavy atom. The Balaban J connectivity index is 0.000000751. The van der Waals surface area contributed by atoms with E-state index < -0.39 is 0 Å². The number of rotatable bonds is 1. The Labute approximate surface area is 186 Å².